The molecule has 2 heteroatoms. The molecule has 3 atom stereocenters. The third-order valence-corrected chi connectivity index (χ3v) is 4.52. The van der Waals surface area contributed by atoms with Gasteiger partial charge in [-0.3, -0.25) is 0 Å². The van der Waals surface area contributed by atoms with Crippen LogP contribution < -0.4 is 5.32 Å². The van der Waals surface area contributed by atoms with Crippen LogP contribution in [0, 0.1) is 23.2 Å². The number of nitrogens with one attached hydrogen (secondary N) is 1. The van der Waals surface area contributed by atoms with Crippen molar-refractivity contribution >= 4 is 0 Å². The Kier molecular flexibility index (Phi) is 4.23. The zero-order valence-electron chi connectivity index (χ0n) is 10.4. The van der Waals surface area contributed by atoms with Gasteiger partial charge in [0, 0.05) is 12.1 Å². The first-order chi connectivity index (χ1) is 7.81. The minimum atomic E-state index is 0.269. The molecule has 0 saturated heterocycles. The van der Waals surface area contributed by atoms with Crippen LogP contribution in [0.25, 0.3) is 0 Å². The molecule has 0 spiro atoms. The van der Waals surface area contributed by atoms with Crippen LogP contribution in [-0.4, -0.2) is 12.1 Å². The highest BCUT2D eigenvalue weighted by Crippen LogP contribution is 2.29. The lowest BCUT2D eigenvalue weighted by molar-refractivity contribution is 0.256. The number of nitriles is 1. The fourth-order valence-corrected chi connectivity index (χ4v) is 3.42. The van der Waals surface area contributed by atoms with E-state index in [0.717, 1.165) is 12.3 Å². The summed E-state index contributed by atoms with van der Waals surface area (Å²) in [5.41, 5.74) is 0. The molecular formula is C14H24N2. The Bertz CT molecular complexity index is 250. The Hall–Kier alpha value is -0.550. The van der Waals surface area contributed by atoms with E-state index in [2.05, 4.69) is 18.3 Å². The van der Waals surface area contributed by atoms with E-state index in [-0.39, 0.29) is 5.92 Å². The molecule has 2 nitrogen and oxygen atoms in total. The van der Waals surface area contributed by atoms with Crippen molar-refractivity contribution in [1.29, 1.82) is 5.26 Å². The highest BCUT2D eigenvalue weighted by atomic mass is 15.0. The van der Waals surface area contributed by atoms with Crippen molar-refractivity contribution in [2.24, 2.45) is 11.8 Å². The zero-order valence-corrected chi connectivity index (χ0v) is 10.4. The molecule has 0 radical (unpaired) electrons. The molecule has 0 aromatic carbocycles. The molecule has 2 aliphatic rings. The van der Waals surface area contributed by atoms with E-state index in [0.29, 0.717) is 12.1 Å². The van der Waals surface area contributed by atoms with Crippen LogP contribution in [0.2, 0.25) is 0 Å². The Morgan fingerprint density at radius 2 is 1.81 bits per heavy atom. The monoisotopic (exact) mass is 220 g/mol. The molecular weight excluding hydrogens is 196 g/mol. The van der Waals surface area contributed by atoms with Gasteiger partial charge in [-0.2, -0.15) is 5.26 Å². The maximum absolute atomic E-state index is 9.07. The molecule has 90 valence electrons. The number of hydrogen-bond acceptors (Lipinski definition) is 2. The molecule has 0 bridgehead atoms. The summed E-state index contributed by atoms with van der Waals surface area (Å²) in [4.78, 5) is 0. The molecule has 0 aromatic rings. The summed E-state index contributed by atoms with van der Waals surface area (Å²) < 4.78 is 0. The molecule has 0 aliphatic heterocycles. The highest BCUT2D eigenvalue weighted by Gasteiger charge is 2.30. The van der Waals surface area contributed by atoms with E-state index in [9.17, 15) is 0 Å². The van der Waals surface area contributed by atoms with Crippen LogP contribution in [0.15, 0.2) is 0 Å². The first kappa shape index (κ1) is 11.9. The van der Waals surface area contributed by atoms with Crippen LogP contribution >= 0.6 is 0 Å². The topological polar surface area (TPSA) is 35.8 Å². The van der Waals surface area contributed by atoms with Gasteiger partial charge in [-0.05, 0) is 38.5 Å². The fraction of sp³-hybridized carbons (Fsp3) is 0.929. The normalized spacial score (nSPS) is 33.5. The van der Waals surface area contributed by atoms with Crippen LogP contribution in [-0.2, 0) is 0 Å². The van der Waals surface area contributed by atoms with E-state index >= 15 is 0 Å². The summed E-state index contributed by atoms with van der Waals surface area (Å²) in [6, 6.07) is 3.54. The lowest BCUT2D eigenvalue weighted by Gasteiger charge is -2.31. The third kappa shape index (κ3) is 2.77. The number of nitrogens with zero attached hydrogens (tertiary/aromatic N) is 1. The van der Waals surface area contributed by atoms with Gasteiger partial charge < -0.3 is 5.32 Å². The lowest BCUT2D eigenvalue weighted by Crippen LogP contribution is -2.43. The Balaban J connectivity index is 1.81. The summed E-state index contributed by atoms with van der Waals surface area (Å²) in [7, 11) is 0. The second kappa shape index (κ2) is 5.68. The van der Waals surface area contributed by atoms with Gasteiger partial charge in [-0.1, -0.05) is 25.7 Å². The molecule has 0 heterocycles. The first-order valence-electron chi connectivity index (χ1n) is 6.97. The summed E-state index contributed by atoms with van der Waals surface area (Å²) in [5.74, 6) is 1.12. The van der Waals surface area contributed by atoms with Crippen molar-refractivity contribution in [2.75, 3.05) is 0 Å². The molecule has 1 N–H and O–H groups in total. The highest BCUT2D eigenvalue weighted by molar-refractivity contribution is 4.97. The minimum absolute atomic E-state index is 0.269. The molecule has 16 heavy (non-hydrogen) atoms. The number of rotatable bonds is 3. The second-order valence-electron chi connectivity index (χ2n) is 5.63. The predicted octanol–water partition coefficient (Wildman–Crippen LogP) is 3.24. The largest absolute Gasteiger partial charge is 0.310 e. The van der Waals surface area contributed by atoms with Gasteiger partial charge in [0.25, 0.3) is 0 Å². The molecule has 2 aliphatic carbocycles. The maximum Gasteiger partial charge on any atom is 0.0672 e. The van der Waals surface area contributed by atoms with Gasteiger partial charge in [-0.25, -0.2) is 0 Å². The smallest absolute Gasteiger partial charge is 0.0672 e. The van der Waals surface area contributed by atoms with Crippen LogP contribution in [0.5, 0.6) is 0 Å². The van der Waals surface area contributed by atoms with Gasteiger partial charge in [0.2, 0.25) is 0 Å². The number of hydrogen-bond donors (Lipinski definition) is 1. The van der Waals surface area contributed by atoms with Crippen LogP contribution in [0.1, 0.15) is 58.3 Å². The van der Waals surface area contributed by atoms with Gasteiger partial charge in [0.15, 0.2) is 0 Å². The first-order valence-corrected chi connectivity index (χ1v) is 6.97. The Labute approximate surface area is 99.4 Å². The van der Waals surface area contributed by atoms with Gasteiger partial charge in [-0.15, -0.1) is 0 Å². The standard InChI is InChI=1S/C14H24N2/c1-11(12-6-3-2-4-7-12)16-14-9-5-8-13(14)10-15/h11-14,16H,2-9H2,1H3/t11-,13?,14?/m1/s1. The van der Waals surface area contributed by atoms with E-state index in [1.807, 2.05) is 0 Å². The Morgan fingerprint density at radius 1 is 1.06 bits per heavy atom. The summed E-state index contributed by atoms with van der Waals surface area (Å²) >= 11 is 0. The average Bonchev–Trinajstić information content (AvgIpc) is 2.77. The third-order valence-electron chi connectivity index (χ3n) is 4.52. The molecule has 2 fully saturated rings. The van der Waals surface area contributed by atoms with Crippen molar-refractivity contribution in [3.63, 3.8) is 0 Å². The zero-order chi connectivity index (χ0) is 11.4. The van der Waals surface area contributed by atoms with Crippen molar-refractivity contribution in [3.05, 3.63) is 0 Å². The Morgan fingerprint density at radius 3 is 2.50 bits per heavy atom. The van der Waals surface area contributed by atoms with Crippen molar-refractivity contribution < 1.29 is 0 Å². The molecule has 2 rings (SSSR count). The molecule has 2 saturated carbocycles. The van der Waals surface area contributed by atoms with E-state index in [1.165, 1.54) is 44.9 Å². The van der Waals surface area contributed by atoms with Crippen molar-refractivity contribution in [2.45, 2.75) is 70.4 Å². The van der Waals surface area contributed by atoms with E-state index in [1.54, 1.807) is 0 Å². The predicted molar refractivity (Wildman–Crippen MR) is 65.9 cm³/mol. The quantitative estimate of drug-likeness (QED) is 0.792. The van der Waals surface area contributed by atoms with Crippen molar-refractivity contribution in [1.82, 2.24) is 5.32 Å². The van der Waals surface area contributed by atoms with E-state index in [4.69, 9.17) is 5.26 Å². The van der Waals surface area contributed by atoms with Gasteiger partial charge in [0.05, 0.1) is 12.0 Å². The van der Waals surface area contributed by atoms with Crippen LogP contribution in [0.4, 0.5) is 0 Å². The minimum Gasteiger partial charge on any atom is -0.310 e. The van der Waals surface area contributed by atoms with E-state index < -0.39 is 0 Å². The fourth-order valence-electron chi connectivity index (χ4n) is 3.42. The second-order valence-corrected chi connectivity index (χ2v) is 5.63. The lowest BCUT2D eigenvalue weighted by atomic mass is 9.84. The summed E-state index contributed by atoms with van der Waals surface area (Å²) in [6.07, 6.45) is 10.5. The van der Waals surface area contributed by atoms with Gasteiger partial charge in [0.1, 0.15) is 0 Å². The maximum atomic E-state index is 9.07. The van der Waals surface area contributed by atoms with Gasteiger partial charge >= 0.3 is 0 Å². The summed E-state index contributed by atoms with van der Waals surface area (Å²) in [6.45, 7) is 2.32. The average molecular weight is 220 g/mol. The van der Waals surface area contributed by atoms with Crippen molar-refractivity contribution in [3.8, 4) is 6.07 Å². The SMILES string of the molecule is C[C@@H](NC1CCCC1C#N)C1CCCCC1. The molecule has 0 amide bonds. The van der Waals surface area contributed by atoms with Crippen LogP contribution in [0.3, 0.4) is 0 Å². The molecule has 0 aromatic heterocycles. The molecule has 2 unspecified atom stereocenters. The summed E-state index contributed by atoms with van der Waals surface area (Å²) in [5, 5.41) is 12.8.